The van der Waals surface area contributed by atoms with E-state index < -0.39 is 23.0 Å². The molecular formula is C4H2BrF3O. The fourth-order valence-electron chi connectivity index (χ4n) is 0.177. The fraction of sp³-hybridized carbons (Fsp3) is 0.250. The molecule has 0 amide bonds. The summed E-state index contributed by atoms with van der Waals surface area (Å²) in [4.78, 5) is 9.96. The number of halogens is 4. The third-order valence-corrected chi connectivity index (χ3v) is 1.08. The molecule has 0 saturated heterocycles. The molecule has 0 spiro atoms. The van der Waals surface area contributed by atoms with Crippen molar-refractivity contribution in [2.75, 3.05) is 6.67 Å². The van der Waals surface area contributed by atoms with E-state index in [4.69, 9.17) is 0 Å². The Labute approximate surface area is 57.7 Å². The smallest absolute Gasteiger partial charge is 0.280 e. The minimum absolute atomic E-state index is 1.11. The van der Waals surface area contributed by atoms with Gasteiger partial charge in [0.05, 0.1) is 0 Å². The summed E-state index contributed by atoms with van der Waals surface area (Å²) < 4.78 is 32.9. The van der Waals surface area contributed by atoms with Gasteiger partial charge in [-0.05, 0) is 15.9 Å². The maximum atomic E-state index is 11.4. The molecule has 0 aromatic carbocycles. The fourth-order valence-corrected chi connectivity index (χ4v) is 0.433. The van der Waals surface area contributed by atoms with Crippen molar-refractivity contribution in [3.63, 3.8) is 0 Å². The SMILES string of the molecule is O=C(Br)C(CF)=C(F)F. The highest BCUT2D eigenvalue weighted by atomic mass is 79.9. The summed E-state index contributed by atoms with van der Waals surface area (Å²) >= 11 is 2.18. The van der Waals surface area contributed by atoms with E-state index in [-0.39, 0.29) is 0 Å². The molecule has 0 N–H and O–H groups in total. The zero-order chi connectivity index (χ0) is 7.44. The van der Waals surface area contributed by atoms with Gasteiger partial charge in [-0.15, -0.1) is 0 Å². The average molecular weight is 203 g/mol. The second-order valence-electron chi connectivity index (χ2n) is 1.15. The van der Waals surface area contributed by atoms with Gasteiger partial charge in [0.1, 0.15) is 12.2 Å². The van der Waals surface area contributed by atoms with E-state index in [1.165, 1.54) is 0 Å². The molecule has 0 heterocycles. The Morgan fingerprint density at radius 1 is 1.44 bits per heavy atom. The van der Waals surface area contributed by atoms with E-state index in [1.54, 1.807) is 0 Å². The van der Waals surface area contributed by atoms with Crippen LogP contribution in [0.15, 0.2) is 11.7 Å². The van der Waals surface area contributed by atoms with Crippen molar-refractivity contribution in [1.29, 1.82) is 0 Å². The van der Waals surface area contributed by atoms with Crippen LogP contribution in [0.4, 0.5) is 13.2 Å². The predicted octanol–water partition coefficient (Wildman–Crippen LogP) is 2.03. The van der Waals surface area contributed by atoms with E-state index in [1.807, 2.05) is 0 Å². The average Bonchev–Trinajstić information content (AvgIpc) is 1.64. The van der Waals surface area contributed by atoms with E-state index in [9.17, 15) is 18.0 Å². The normalized spacial score (nSPS) is 8.89. The molecule has 0 rings (SSSR count). The standard InChI is InChI=1S/C4H2BrF3O/c5-3(9)2(1-6)4(7)8/h1H2. The van der Waals surface area contributed by atoms with Crippen molar-refractivity contribution >= 4 is 20.6 Å². The molecule has 0 radical (unpaired) electrons. The van der Waals surface area contributed by atoms with Gasteiger partial charge in [0.25, 0.3) is 6.08 Å². The minimum Gasteiger partial charge on any atom is -0.281 e. The monoisotopic (exact) mass is 202 g/mol. The maximum absolute atomic E-state index is 11.4. The highest BCUT2D eigenvalue weighted by molar-refractivity contribution is 9.18. The lowest BCUT2D eigenvalue weighted by Crippen LogP contribution is -1.95. The van der Waals surface area contributed by atoms with Crippen LogP contribution in [-0.2, 0) is 4.79 Å². The van der Waals surface area contributed by atoms with Crippen LogP contribution in [0.25, 0.3) is 0 Å². The molecular weight excluding hydrogens is 201 g/mol. The summed E-state index contributed by atoms with van der Waals surface area (Å²) in [5, 5.41) is 0. The largest absolute Gasteiger partial charge is 0.281 e. The Kier molecular flexibility index (Phi) is 3.53. The second-order valence-corrected chi connectivity index (χ2v) is 1.87. The lowest BCUT2D eigenvalue weighted by molar-refractivity contribution is -0.107. The zero-order valence-corrected chi connectivity index (χ0v) is 5.71. The van der Waals surface area contributed by atoms with Gasteiger partial charge in [0.15, 0.2) is 0 Å². The molecule has 9 heavy (non-hydrogen) atoms. The van der Waals surface area contributed by atoms with Crippen LogP contribution < -0.4 is 0 Å². The molecule has 0 aromatic rings. The summed E-state index contributed by atoms with van der Waals surface area (Å²) in [6.07, 6.45) is -2.28. The molecule has 0 aliphatic rings. The number of alkyl halides is 1. The summed E-state index contributed by atoms with van der Waals surface area (Å²) in [7, 11) is 0. The van der Waals surface area contributed by atoms with Crippen LogP contribution in [-0.4, -0.2) is 11.4 Å². The van der Waals surface area contributed by atoms with Crippen LogP contribution in [0, 0.1) is 0 Å². The Balaban J connectivity index is 4.35. The first-order valence-corrected chi connectivity index (χ1v) is 2.68. The quantitative estimate of drug-likeness (QED) is 0.495. The van der Waals surface area contributed by atoms with Crippen molar-refractivity contribution in [2.24, 2.45) is 0 Å². The van der Waals surface area contributed by atoms with Crippen molar-refractivity contribution in [3.8, 4) is 0 Å². The topological polar surface area (TPSA) is 17.1 Å². The number of allylic oxidation sites excluding steroid dienone is 1. The lowest BCUT2D eigenvalue weighted by atomic mass is 10.4. The van der Waals surface area contributed by atoms with Gasteiger partial charge in [0, 0.05) is 0 Å². The van der Waals surface area contributed by atoms with Crippen LogP contribution in [0.3, 0.4) is 0 Å². The maximum Gasteiger partial charge on any atom is 0.280 e. The third-order valence-electron chi connectivity index (χ3n) is 0.599. The summed E-state index contributed by atoms with van der Waals surface area (Å²) in [6.45, 7) is -1.44. The molecule has 0 aliphatic carbocycles. The molecule has 5 heteroatoms. The number of rotatable bonds is 2. The highest BCUT2D eigenvalue weighted by Crippen LogP contribution is 2.11. The van der Waals surface area contributed by atoms with Crippen LogP contribution in [0.5, 0.6) is 0 Å². The first-order chi connectivity index (χ1) is 4.09. The summed E-state index contributed by atoms with van der Waals surface area (Å²) in [5.41, 5.74) is -1.12. The minimum atomic E-state index is -2.28. The summed E-state index contributed by atoms with van der Waals surface area (Å²) in [6, 6.07) is 0. The molecule has 0 unspecified atom stereocenters. The molecule has 0 atom stereocenters. The predicted molar refractivity (Wildman–Crippen MR) is 29.2 cm³/mol. The van der Waals surface area contributed by atoms with Crippen LogP contribution >= 0.6 is 15.9 Å². The lowest BCUT2D eigenvalue weighted by Gasteiger charge is -1.89. The molecule has 0 aromatic heterocycles. The first kappa shape index (κ1) is 8.68. The molecule has 1 nitrogen and oxygen atoms in total. The second kappa shape index (κ2) is 3.66. The van der Waals surface area contributed by atoms with Crippen molar-refractivity contribution in [1.82, 2.24) is 0 Å². The van der Waals surface area contributed by atoms with E-state index in [0.29, 0.717) is 0 Å². The van der Waals surface area contributed by atoms with Gasteiger partial charge in [-0.2, -0.15) is 8.78 Å². The number of carbonyl (C=O) groups is 1. The van der Waals surface area contributed by atoms with Crippen LogP contribution in [0.1, 0.15) is 0 Å². The molecule has 0 aliphatic heterocycles. The van der Waals surface area contributed by atoms with Gasteiger partial charge in [-0.3, -0.25) is 4.79 Å². The van der Waals surface area contributed by atoms with Crippen molar-refractivity contribution in [2.45, 2.75) is 0 Å². The Morgan fingerprint density at radius 2 is 1.89 bits per heavy atom. The zero-order valence-electron chi connectivity index (χ0n) is 4.13. The molecule has 0 saturated carbocycles. The number of hydrogen-bond acceptors (Lipinski definition) is 1. The number of hydrogen-bond donors (Lipinski definition) is 0. The van der Waals surface area contributed by atoms with Gasteiger partial charge >= 0.3 is 0 Å². The molecule has 52 valence electrons. The van der Waals surface area contributed by atoms with Gasteiger partial charge in [-0.25, -0.2) is 4.39 Å². The molecule has 0 fully saturated rings. The number of carbonyl (C=O) groups excluding carboxylic acids is 1. The van der Waals surface area contributed by atoms with E-state index in [0.717, 1.165) is 0 Å². The van der Waals surface area contributed by atoms with Gasteiger partial charge in [-0.1, -0.05) is 0 Å². The van der Waals surface area contributed by atoms with Crippen LogP contribution in [0.2, 0.25) is 0 Å². The summed E-state index contributed by atoms with van der Waals surface area (Å²) in [5.74, 6) is 0. The van der Waals surface area contributed by atoms with Gasteiger partial charge < -0.3 is 0 Å². The highest BCUT2D eigenvalue weighted by Gasteiger charge is 2.11. The van der Waals surface area contributed by atoms with Crippen molar-refractivity contribution in [3.05, 3.63) is 11.7 Å². The van der Waals surface area contributed by atoms with E-state index >= 15 is 0 Å². The van der Waals surface area contributed by atoms with Gasteiger partial charge in [0.2, 0.25) is 4.69 Å². The van der Waals surface area contributed by atoms with E-state index in [2.05, 4.69) is 15.9 Å². The Bertz CT molecular complexity index is 150. The Morgan fingerprint density at radius 3 is 1.89 bits per heavy atom. The van der Waals surface area contributed by atoms with Crippen molar-refractivity contribution < 1.29 is 18.0 Å². The first-order valence-electron chi connectivity index (χ1n) is 1.89. The molecule has 0 bridgehead atoms. The Hall–Kier alpha value is -0.320. The third kappa shape index (κ3) is 2.64.